The van der Waals surface area contributed by atoms with Crippen LogP contribution in [-0.4, -0.2) is 35.3 Å². The number of nitrogens with one attached hydrogen (secondary N) is 2. The van der Waals surface area contributed by atoms with E-state index in [9.17, 15) is 20.0 Å². The predicted molar refractivity (Wildman–Crippen MR) is 95.4 cm³/mol. The predicted octanol–water partition coefficient (Wildman–Crippen LogP) is 2.77. The molecule has 1 saturated carbocycles. The molecule has 0 heterocycles. The Morgan fingerprint density at radius 3 is 2.72 bits per heavy atom. The number of hydrogen-bond donors (Lipinski definition) is 3. The zero-order valence-electron chi connectivity index (χ0n) is 14.7. The summed E-state index contributed by atoms with van der Waals surface area (Å²) in [4.78, 5) is 22.2. The molecule has 1 aliphatic carbocycles. The second-order valence-corrected chi connectivity index (χ2v) is 7.04. The fraction of sp³-hybridized carbons (Fsp3) is 0.611. The van der Waals surface area contributed by atoms with Crippen LogP contribution < -0.4 is 10.6 Å². The Balaban J connectivity index is 1.62. The Morgan fingerprint density at radius 1 is 1.36 bits per heavy atom. The van der Waals surface area contributed by atoms with Crippen LogP contribution in [0.25, 0.3) is 0 Å². The van der Waals surface area contributed by atoms with Gasteiger partial charge in [0.25, 0.3) is 5.69 Å². The van der Waals surface area contributed by atoms with E-state index in [1.165, 1.54) is 12.1 Å². The summed E-state index contributed by atoms with van der Waals surface area (Å²) in [5.41, 5.74) is 0.941. The molecule has 0 aromatic heterocycles. The molecular formula is C18H27N3O4. The normalized spacial score (nSPS) is 22.6. The number of urea groups is 1. The van der Waals surface area contributed by atoms with Crippen LogP contribution in [0.15, 0.2) is 24.3 Å². The van der Waals surface area contributed by atoms with Gasteiger partial charge < -0.3 is 15.7 Å². The quantitative estimate of drug-likeness (QED) is 0.381. The molecule has 7 heteroatoms. The van der Waals surface area contributed by atoms with Crippen molar-refractivity contribution in [3.8, 4) is 0 Å². The maximum atomic E-state index is 12.0. The maximum absolute atomic E-state index is 12.0. The van der Waals surface area contributed by atoms with Gasteiger partial charge in [-0.05, 0) is 37.7 Å². The highest BCUT2D eigenvalue weighted by atomic mass is 16.6. The SMILES string of the molecule is CC1(CO)CCCC1NC(=O)NCCCCc1ccc([N+](=O)[O-])cc1. The minimum Gasteiger partial charge on any atom is -0.396 e. The van der Waals surface area contributed by atoms with Crippen molar-refractivity contribution in [3.63, 3.8) is 0 Å². The van der Waals surface area contributed by atoms with E-state index >= 15 is 0 Å². The van der Waals surface area contributed by atoms with Gasteiger partial charge in [0.05, 0.1) is 11.5 Å². The van der Waals surface area contributed by atoms with Crippen LogP contribution in [0.4, 0.5) is 10.5 Å². The maximum Gasteiger partial charge on any atom is 0.315 e. The first-order valence-electron chi connectivity index (χ1n) is 8.83. The number of carbonyl (C=O) groups excluding carboxylic acids is 1. The highest BCUT2D eigenvalue weighted by Gasteiger charge is 2.38. The lowest BCUT2D eigenvalue weighted by molar-refractivity contribution is -0.384. The second kappa shape index (κ2) is 8.80. The molecule has 3 N–H and O–H groups in total. The average molecular weight is 349 g/mol. The molecule has 0 radical (unpaired) electrons. The van der Waals surface area contributed by atoms with Gasteiger partial charge in [0.1, 0.15) is 0 Å². The Hall–Kier alpha value is -2.15. The molecule has 138 valence electrons. The molecule has 2 rings (SSSR count). The lowest BCUT2D eigenvalue weighted by atomic mass is 9.86. The van der Waals surface area contributed by atoms with E-state index in [0.717, 1.165) is 44.1 Å². The first kappa shape index (κ1) is 19.2. The summed E-state index contributed by atoms with van der Waals surface area (Å²) in [6.45, 7) is 2.68. The van der Waals surface area contributed by atoms with E-state index in [0.29, 0.717) is 6.54 Å². The molecule has 2 amide bonds. The molecule has 1 aromatic carbocycles. The smallest absolute Gasteiger partial charge is 0.315 e. The molecule has 0 bridgehead atoms. The standard InChI is InChI=1S/C18H27N3O4/c1-18(13-22)11-4-6-16(18)20-17(23)19-12-3-2-5-14-7-9-15(10-8-14)21(24)25/h7-10,16,22H,2-6,11-13H2,1H3,(H2,19,20,23). The highest BCUT2D eigenvalue weighted by molar-refractivity contribution is 5.74. The van der Waals surface area contributed by atoms with Crippen LogP contribution in [0.2, 0.25) is 0 Å². The number of unbranched alkanes of at least 4 members (excludes halogenated alkanes) is 1. The largest absolute Gasteiger partial charge is 0.396 e. The molecule has 25 heavy (non-hydrogen) atoms. The number of benzene rings is 1. The number of amides is 2. The summed E-state index contributed by atoms with van der Waals surface area (Å²) in [6.07, 6.45) is 5.43. The van der Waals surface area contributed by atoms with E-state index in [2.05, 4.69) is 10.6 Å². The molecule has 7 nitrogen and oxygen atoms in total. The van der Waals surface area contributed by atoms with Gasteiger partial charge >= 0.3 is 6.03 Å². The van der Waals surface area contributed by atoms with Gasteiger partial charge in [-0.15, -0.1) is 0 Å². The summed E-state index contributed by atoms with van der Waals surface area (Å²) in [5, 5.41) is 25.9. The van der Waals surface area contributed by atoms with Gasteiger partial charge in [-0.1, -0.05) is 25.5 Å². The first-order valence-corrected chi connectivity index (χ1v) is 8.83. The van der Waals surface area contributed by atoms with E-state index in [1.54, 1.807) is 12.1 Å². The van der Waals surface area contributed by atoms with Crippen LogP contribution in [0, 0.1) is 15.5 Å². The van der Waals surface area contributed by atoms with E-state index in [1.807, 2.05) is 6.92 Å². The van der Waals surface area contributed by atoms with E-state index < -0.39 is 4.92 Å². The van der Waals surface area contributed by atoms with Crippen molar-refractivity contribution in [2.45, 2.75) is 51.5 Å². The third-order valence-electron chi connectivity index (χ3n) is 5.07. The summed E-state index contributed by atoms with van der Waals surface area (Å²) >= 11 is 0. The number of nitro groups is 1. The van der Waals surface area contributed by atoms with Crippen LogP contribution in [0.1, 0.15) is 44.6 Å². The van der Waals surface area contributed by atoms with Gasteiger partial charge in [-0.25, -0.2) is 4.79 Å². The molecule has 1 fully saturated rings. The van der Waals surface area contributed by atoms with Crippen molar-refractivity contribution >= 4 is 11.7 Å². The number of non-ortho nitro benzene ring substituents is 1. The molecular weight excluding hydrogens is 322 g/mol. The number of nitrogens with zero attached hydrogens (tertiary/aromatic N) is 1. The molecule has 2 unspecified atom stereocenters. The summed E-state index contributed by atoms with van der Waals surface area (Å²) in [6, 6.07) is 6.42. The highest BCUT2D eigenvalue weighted by Crippen LogP contribution is 2.37. The van der Waals surface area contributed by atoms with Crippen molar-refractivity contribution in [2.75, 3.05) is 13.2 Å². The molecule has 2 atom stereocenters. The Bertz CT molecular complexity index is 590. The fourth-order valence-electron chi connectivity index (χ4n) is 3.32. The van der Waals surface area contributed by atoms with Gasteiger partial charge in [0.2, 0.25) is 0 Å². The second-order valence-electron chi connectivity index (χ2n) is 7.04. The number of aliphatic hydroxyl groups excluding tert-OH is 1. The third kappa shape index (κ3) is 5.42. The zero-order chi connectivity index (χ0) is 18.3. The molecule has 0 aliphatic heterocycles. The minimum absolute atomic E-state index is 0.0256. The van der Waals surface area contributed by atoms with Crippen molar-refractivity contribution in [3.05, 3.63) is 39.9 Å². The van der Waals surface area contributed by atoms with Gasteiger partial charge in [-0.2, -0.15) is 0 Å². The topological polar surface area (TPSA) is 104 Å². The average Bonchev–Trinajstić information content (AvgIpc) is 2.96. The van der Waals surface area contributed by atoms with Crippen molar-refractivity contribution in [2.24, 2.45) is 5.41 Å². The number of carbonyl (C=O) groups is 1. The van der Waals surface area contributed by atoms with Crippen molar-refractivity contribution < 1.29 is 14.8 Å². The van der Waals surface area contributed by atoms with E-state index in [4.69, 9.17) is 0 Å². The van der Waals surface area contributed by atoms with Crippen LogP contribution in [0.5, 0.6) is 0 Å². The Labute approximate surface area is 148 Å². The van der Waals surface area contributed by atoms with Crippen LogP contribution in [0.3, 0.4) is 0 Å². The third-order valence-corrected chi connectivity index (χ3v) is 5.07. The summed E-state index contributed by atoms with van der Waals surface area (Å²) in [5.74, 6) is 0. The van der Waals surface area contributed by atoms with Crippen LogP contribution in [-0.2, 0) is 6.42 Å². The lowest BCUT2D eigenvalue weighted by Gasteiger charge is -2.30. The number of nitro benzene ring substituents is 1. The first-order chi connectivity index (χ1) is 11.9. The number of aliphatic hydroxyl groups is 1. The van der Waals surface area contributed by atoms with E-state index in [-0.39, 0.29) is 29.8 Å². The molecule has 1 aliphatic rings. The summed E-state index contributed by atoms with van der Waals surface area (Å²) < 4.78 is 0. The molecule has 0 saturated heterocycles. The van der Waals surface area contributed by atoms with Crippen molar-refractivity contribution in [1.82, 2.24) is 10.6 Å². The van der Waals surface area contributed by atoms with Gasteiger partial charge in [-0.3, -0.25) is 10.1 Å². The minimum atomic E-state index is -0.404. The lowest BCUT2D eigenvalue weighted by Crippen LogP contribution is -2.48. The Kier molecular flexibility index (Phi) is 6.75. The zero-order valence-corrected chi connectivity index (χ0v) is 14.7. The van der Waals surface area contributed by atoms with Gasteiger partial charge in [0.15, 0.2) is 0 Å². The Morgan fingerprint density at radius 2 is 2.08 bits per heavy atom. The van der Waals surface area contributed by atoms with Gasteiger partial charge in [0, 0.05) is 30.1 Å². The van der Waals surface area contributed by atoms with Crippen LogP contribution >= 0.6 is 0 Å². The summed E-state index contributed by atoms with van der Waals surface area (Å²) in [7, 11) is 0. The number of hydrogen-bond acceptors (Lipinski definition) is 4. The van der Waals surface area contributed by atoms with Crippen molar-refractivity contribution in [1.29, 1.82) is 0 Å². The fourth-order valence-corrected chi connectivity index (χ4v) is 3.32. The number of rotatable bonds is 8. The molecule has 1 aromatic rings. The molecule has 0 spiro atoms. The monoisotopic (exact) mass is 349 g/mol. The number of aryl methyl sites for hydroxylation is 1.